The van der Waals surface area contributed by atoms with Gasteiger partial charge in [0.15, 0.2) is 0 Å². The summed E-state index contributed by atoms with van der Waals surface area (Å²) in [6.45, 7) is 0.829. The van der Waals surface area contributed by atoms with Crippen LogP contribution in [0.2, 0.25) is 0 Å². The van der Waals surface area contributed by atoms with E-state index in [0.29, 0.717) is 12.1 Å². The first-order chi connectivity index (χ1) is 8.93. The van der Waals surface area contributed by atoms with Crippen molar-refractivity contribution in [1.29, 1.82) is 0 Å². The van der Waals surface area contributed by atoms with Crippen molar-refractivity contribution in [3.63, 3.8) is 0 Å². The van der Waals surface area contributed by atoms with E-state index < -0.39 is 17.8 Å². The minimum Gasteiger partial charge on any atom is -0.389 e. The van der Waals surface area contributed by atoms with E-state index in [1.807, 2.05) is 0 Å². The summed E-state index contributed by atoms with van der Waals surface area (Å²) in [6.07, 6.45) is -0.641. The number of nitrogens with zero attached hydrogens (tertiary/aromatic N) is 1. The summed E-state index contributed by atoms with van der Waals surface area (Å²) >= 11 is 0. The number of aliphatic hydroxyl groups excluding tert-OH is 1. The van der Waals surface area contributed by atoms with Gasteiger partial charge in [0, 0.05) is 31.3 Å². The quantitative estimate of drug-likeness (QED) is 0.750. The molecule has 1 aromatic rings. The first kappa shape index (κ1) is 15.6. The average molecular weight is 270 g/mol. The SMILES string of the molecule is COCC(O)CN(C)Cc1cc(C(N)=O)ccc1F. The van der Waals surface area contributed by atoms with Crippen molar-refractivity contribution in [1.82, 2.24) is 4.90 Å². The first-order valence-corrected chi connectivity index (χ1v) is 5.87. The van der Waals surface area contributed by atoms with Crippen LogP contribution in [0.25, 0.3) is 0 Å². The van der Waals surface area contributed by atoms with Crippen molar-refractivity contribution >= 4 is 5.91 Å². The van der Waals surface area contributed by atoms with Crippen molar-refractivity contribution in [2.45, 2.75) is 12.6 Å². The van der Waals surface area contributed by atoms with Gasteiger partial charge in [0.25, 0.3) is 0 Å². The summed E-state index contributed by atoms with van der Waals surface area (Å²) < 4.78 is 18.4. The van der Waals surface area contributed by atoms with Crippen molar-refractivity contribution in [3.8, 4) is 0 Å². The molecule has 1 unspecified atom stereocenters. The van der Waals surface area contributed by atoms with Gasteiger partial charge in [0.05, 0.1) is 12.7 Å². The molecule has 19 heavy (non-hydrogen) atoms. The Balaban J connectivity index is 2.70. The lowest BCUT2D eigenvalue weighted by Gasteiger charge is -2.20. The van der Waals surface area contributed by atoms with Crippen molar-refractivity contribution in [3.05, 3.63) is 35.1 Å². The molecule has 0 heterocycles. The predicted octanol–water partition coefficient (Wildman–Crippen LogP) is 0.364. The summed E-state index contributed by atoms with van der Waals surface area (Å²) in [6, 6.07) is 3.99. The third kappa shape index (κ3) is 4.94. The second-order valence-electron chi connectivity index (χ2n) is 4.48. The Labute approximate surface area is 111 Å². The molecule has 3 N–H and O–H groups in total. The highest BCUT2D eigenvalue weighted by atomic mass is 19.1. The van der Waals surface area contributed by atoms with Crippen LogP contribution in [0.3, 0.4) is 0 Å². The molecule has 6 heteroatoms. The maximum absolute atomic E-state index is 13.6. The number of methoxy groups -OCH3 is 1. The van der Waals surface area contributed by atoms with Crippen LogP contribution in [0.5, 0.6) is 0 Å². The highest BCUT2D eigenvalue weighted by Gasteiger charge is 2.12. The highest BCUT2D eigenvalue weighted by Crippen LogP contribution is 2.12. The third-order valence-electron chi connectivity index (χ3n) is 2.65. The third-order valence-corrected chi connectivity index (χ3v) is 2.65. The molecule has 0 aliphatic heterocycles. The molecule has 0 aliphatic carbocycles. The molecule has 1 rings (SSSR count). The van der Waals surface area contributed by atoms with Gasteiger partial charge in [-0.2, -0.15) is 0 Å². The second-order valence-corrected chi connectivity index (χ2v) is 4.48. The monoisotopic (exact) mass is 270 g/mol. The molecule has 1 aromatic carbocycles. The molecule has 0 bridgehead atoms. The number of ether oxygens (including phenoxy) is 1. The summed E-state index contributed by atoms with van der Waals surface area (Å²) in [5.74, 6) is -0.999. The van der Waals surface area contributed by atoms with Crippen LogP contribution in [-0.4, -0.2) is 49.3 Å². The molecule has 0 saturated carbocycles. The zero-order chi connectivity index (χ0) is 14.4. The van der Waals surface area contributed by atoms with Gasteiger partial charge in [-0.3, -0.25) is 9.69 Å². The number of likely N-dealkylation sites (N-methyl/N-ethyl adjacent to an activating group) is 1. The molecule has 0 fully saturated rings. The van der Waals surface area contributed by atoms with Gasteiger partial charge >= 0.3 is 0 Å². The van der Waals surface area contributed by atoms with E-state index in [9.17, 15) is 14.3 Å². The number of hydrogen-bond acceptors (Lipinski definition) is 4. The van der Waals surface area contributed by atoms with Crippen LogP contribution in [0, 0.1) is 5.82 Å². The number of carbonyl (C=O) groups excluding carboxylic acids is 1. The fourth-order valence-electron chi connectivity index (χ4n) is 1.81. The van der Waals surface area contributed by atoms with Crippen LogP contribution in [0.15, 0.2) is 18.2 Å². The first-order valence-electron chi connectivity index (χ1n) is 5.87. The zero-order valence-corrected chi connectivity index (χ0v) is 11.1. The lowest BCUT2D eigenvalue weighted by atomic mass is 10.1. The fourth-order valence-corrected chi connectivity index (χ4v) is 1.81. The normalized spacial score (nSPS) is 12.7. The molecule has 0 saturated heterocycles. The molecular weight excluding hydrogens is 251 g/mol. The van der Waals surface area contributed by atoms with E-state index in [0.717, 1.165) is 0 Å². The van der Waals surface area contributed by atoms with E-state index in [4.69, 9.17) is 10.5 Å². The van der Waals surface area contributed by atoms with Crippen molar-refractivity contribution < 1.29 is 19.0 Å². The Kier molecular flexibility index (Phi) is 5.88. The van der Waals surface area contributed by atoms with Gasteiger partial charge in [0.1, 0.15) is 5.82 Å². The predicted molar refractivity (Wildman–Crippen MR) is 69.1 cm³/mol. The van der Waals surface area contributed by atoms with Gasteiger partial charge in [-0.25, -0.2) is 4.39 Å². The maximum atomic E-state index is 13.6. The van der Waals surface area contributed by atoms with Gasteiger partial charge in [-0.1, -0.05) is 0 Å². The number of primary amides is 1. The second kappa shape index (κ2) is 7.18. The molecule has 0 aromatic heterocycles. The molecule has 106 valence electrons. The maximum Gasteiger partial charge on any atom is 0.248 e. The Hall–Kier alpha value is -1.50. The Morgan fingerprint density at radius 2 is 2.26 bits per heavy atom. The standard InChI is InChI=1S/C13H19FN2O3/c1-16(7-11(17)8-19-2)6-10-5-9(13(15)18)3-4-12(10)14/h3-5,11,17H,6-8H2,1-2H3,(H2,15,18). The molecule has 1 amide bonds. The summed E-state index contributed by atoms with van der Waals surface area (Å²) in [5.41, 5.74) is 5.78. The summed E-state index contributed by atoms with van der Waals surface area (Å²) in [5, 5.41) is 9.58. The van der Waals surface area contributed by atoms with Gasteiger partial charge < -0.3 is 15.6 Å². The molecule has 0 aliphatic rings. The number of nitrogens with two attached hydrogens (primary N) is 1. The van der Waals surface area contributed by atoms with E-state index in [-0.39, 0.29) is 18.7 Å². The number of hydrogen-bond donors (Lipinski definition) is 2. The topological polar surface area (TPSA) is 75.8 Å². The largest absolute Gasteiger partial charge is 0.389 e. The van der Waals surface area contributed by atoms with Gasteiger partial charge in [-0.15, -0.1) is 0 Å². The van der Waals surface area contributed by atoms with E-state index in [1.165, 1.54) is 25.3 Å². The van der Waals surface area contributed by atoms with Crippen LogP contribution < -0.4 is 5.73 Å². The highest BCUT2D eigenvalue weighted by molar-refractivity contribution is 5.92. The smallest absolute Gasteiger partial charge is 0.248 e. The van der Waals surface area contributed by atoms with Gasteiger partial charge in [-0.05, 0) is 25.2 Å². The van der Waals surface area contributed by atoms with E-state index in [2.05, 4.69) is 0 Å². The number of benzene rings is 1. The number of halogens is 1. The molecule has 1 atom stereocenters. The lowest BCUT2D eigenvalue weighted by Crippen LogP contribution is -2.31. The average Bonchev–Trinajstić information content (AvgIpc) is 2.31. The van der Waals surface area contributed by atoms with E-state index in [1.54, 1.807) is 11.9 Å². The molecule has 0 radical (unpaired) electrons. The number of aliphatic hydroxyl groups is 1. The van der Waals surface area contributed by atoms with Crippen LogP contribution in [0.1, 0.15) is 15.9 Å². The Bertz CT molecular complexity index is 440. The molecular formula is C13H19FN2O3. The molecule has 5 nitrogen and oxygen atoms in total. The minimum absolute atomic E-state index is 0.216. The van der Waals surface area contributed by atoms with Crippen molar-refractivity contribution in [2.75, 3.05) is 27.3 Å². The number of amides is 1. The summed E-state index contributed by atoms with van der Waals surface area (Å²) in [7, 11) is 3.24. The lowest BCUT2D eigenvalue weighted by molar-refractivity contribution is 0.0417. The number of carbonyl (C=O) groups is 1. The van der Waals surface area contributed by atoms with Crippen molar-refractivity contribution in [2.24, 2.45) is 5.73 Å². The zero-order valence-electron chi connectivity index (χ0n) is 11.1. The fraction of sp³-hybridized carbons (Fsp3) is 0.462. The summed E-state index contributed by atoms with van der Waals surface area (Å²) in [4.78, 5) is 12.8. The Morgan fingerprint density at radius 3 is 2.84 bits per heavy atom. The minimum atomic E-state index is -0.641. The molecule has 0 spiro atoms. The Morgan fingerprint density at radius 1 is 1.58 bits per heavy atom. The van der Waals surface area contributed by atoms with Crippen LogP contribution in [0.4, 0.5) is 4.39 Å². The van der Waals surface area contributed by atoms with Gasteiger partial charge in [0.2, 0.25) is 5.91 Å². The van der Waals surface area contributed by atoms with Crippen LogP contribution in [-0.2, 0) is 11.3 Å². The number of rotatable bonds is 7. The van der Waals surface area contributed by atoms with E-state index >= 15 is 0 Å². The van der Waals surface area contributed by atoms with Crippen LogP contribution >= 0.6 is 0 Å².